The first-order valence-corrected chi connectivity index (χ1v) is 7.52. The number of thioether (sulfide) groups is 1. The van der Waals surface area contributed by atoms with Crippen LogP contribution in [0.4, 0.5) is 4.39 Å². The number of rotatable bonds is 5. The minimum Gasteiger partial charge on any atom is -0.478 e. The monoisotopic (exact) mass is 306 g/mol. The van der Waals surface area contributed by atoms with E-state index in [1.165, 1.54) is 23.9 Å². The lowest BCUT2D eigenvalue weighted by molar-refractivity contribution is 0.0691. The van der Waals surface area contributed by atoms with Crippen LogP contribution < -0.4 is 0 Å². The average molecular weight is 306 g/mol. The molecule has 2 rings (SSSR count). The number of nitrogens with zero attached hydrogens (tertiary/aromatic N) is 2. The van der Waals surface area contributed by atoms with E-state index in [1.807, 2.05) is 6.92 Å². The third kappa shape index (κ3) is 3.58. The van der Waals surface area contributed by atoms with Crippen molar-refractivity contribution in [3.63, 3.8) is 0 Å². The Bertz CT molecular complexity index is 659. The third-order valence-corrected chi connectivity index (χ3v) is 4.00. The number of carboxylic acids is 1. The molecule has 4 nitrogen and oxygen atoms in total. The van der Waals surface area contributed by atoms with Crippen LogP contribution in [0.5, 0.6) is 0 Å². The Kier molecular flexibility index (Phi) is 4.90. The van der Waals surface area contributed by atoms with Gasteiger partial charge in [0, 0.05) is 5.56 Å². The molecule has 0 bridgehead atoms. The van der Waals surface area contributed by atoms with Gasteiger partial charge in [-0.05, 0) is 43.4 Å². The van der Waals surface area contributed by atoms with Crippen molar-refractivity contribution in [1.29, 1.82) is 0 Å². The van der Waals surface area contributed by atoms with Crippen LogP contribution >= 0.6 is 11.8 Å². The Labute approximate surface area is 126 Å². The van der Waals surface area contributed by atoms with Crippen LogP contribution in [0.1, 0.15) is 29.4 Å². The molecule has 0 aliphatic rings. The first-order chi connectivity index (χ1) is 10.0. The Morgan fingerprint density at radius 3 is 2.52 bits per heavy atom. The highest BCUT2D eigenvalue weighted by Crippen LogP contribution is 2.26. The van der Waals surface area contributed by atoms with E-state index in [-0.39, 0.29) is 11.4 Å². The number of halogens is 1. The SMILES string of the molecule is CCCSc1nc(-c2ccc(F)cc2)nc(C)c1C(=O)O. The molecule has 0 amide bonds. The number of aromatic carboxylic acids is 1. The molecule has 21 heavy (non-hydrogen) atoms. The van der Waals surface area contributed by atoms with Gasteiger partial charge in [-0.2, -0.15) is 0 Å². The largest absolute Gasteiger partial charge is 0.478 e. The lowest BCUT2D eigenvalue weighted by atomic mass is 10.2. The van der Waals surface area contributed by atoms with E-state index in [1.54, 1.807) is 19.1 Å². The van der Waals surface area contributed by atoms with E-state index in [9.17, 15) is 14.3 Å². The molecular formula is C15H15FN2O2S. The zero-order valence-electron chi connectivity index (χ0n) is 11.8. The second kappa shape index (κ2) is 6.67. The molecule has 0 aliphatic carbocycles. The molecular weight excluding hydrogens is 291 g/mol. The first kappa shape index (κ1) is 15.4. The van der Waals surface area contributed by atoms with Crippen molar-refractivity contribution in [3.05, 3.63) is 41.3 Å². The Morgan fingerprint density at radius 1 is 1.29 bits per heavy atom. The Hall–Kier alpha value is -1.95. The van der Waals surface area contributed by atoms with E-state index in [4.69, 9.17) is 0 Å². The Morgan fingerprint density at radius 2 is 1.95 bits per heavy atom. The lowest BCUT2D eigenvalue weighted by Gasteiger charge is -2.10. The highest BCUT2D eigenvalue weighted by atomic mass is 32.2. The minimum atomic E-state index is -1.03. The van der Waals surface area contributed by atoms with Gasteiger partial charge < -0.3 is 5.11 Å². The summed E-state index contributed by atoms with van der Waals surface area (Å²) in [7, 11) is 0. The van der Waals surface area contributed by atoms with Gasteiger partial charge in [-0.15, -0.1) is 11.8 Å². The molecule has 0 aliphatic heterocycles. The fourth-order valence-corrected chi connectivity index (χ4v) is 2.75. The molecule has 0 saturated heterocycles. The molecule has 0 unspecified atom stereocenters. The number of hydrogen-bond acceptors (Lipinski definition) is 4. The minimum absolute atomic E-state index is 0.138. The second-order valence-electron chi connectivity index (χ2n) is 4.47. The molecule has 0 fully saturated rings. The Balaban J connectivity index is 2.51. The molecule has 0 radical (unpaired) electrons. The van der Waals surface area contributed by atoms with Crippen molar-refractivity contribution in [2.24, 2.45) is 0 Å². The van der Waals surface area contributed by atoms with Gasteiger partial charge in [-0.25, -0.2) is 19.2 Å². The van der Waals surface area contributed by atoms with Crippen LogP contribution in [0.2, 0.25) is 0 Å². The number of benzene rings is 1. The quantitative estimate of drug-likeness (QED) is 0.672. The van der Waals surface area contributed by atoms with Crippen LogP contribution in [0.25, 0.3) is 11.4 Å². The van der Waals surface area contributed by atoms with Gasteiger partial charge in [0.05, 0.1) is 5.69 Å². The maximum absolute atomic E-state index is 13.0. The molecule has 0 atom stereocenters. The normalized spacial score (nSPS) is 10.6. The average Bonchev–Trinajstić information content (AvgIpc) is 2.44. The van der Waals surface area contributed by atoms with Crippen molar-refractivity contribution in [2.75, 3.05) is 5.75 Å². The molecule has 1 aromatic carbocycles. The number of carboxylic acid groups (broad SMARTS) is 1. The third-order valence-electron chi connectivity index (χ3n) is 2.82. The number of hydrogen-bond donors (Lipinski definition) is 1. The van der Waals surface area contributed by atoms with E-state index in [0.717, 1.165) is 12.2 Å². The summed E-state index contributed by atoms with van der Waals surface area (Å²) < 4.78 is 13.0. The van der Waals surface area contributed by atoms with Crippen molar-refractivity contribution in [2.45, 2.75) is 25.3 Å². The molecule has 6 heteroatoms. The van der Waals surface area contributed by atoms with Crippen molar-refractivity contribution >= 4 is 17.7 Å². The van der Waals surface area contributed by atoms with Crippen LogP contribution in [-0.4, -0.2) is 26.8 Å². The van der Waals surface area contributed by atoms with E-state index in [0.29, 0.717) is 22.1 Å². The van der Waals surface area contributed by atoms with Crippen LogP contribution in [0, 0.1) is 12.7 Å². The molecule has 2 aromatic rings. The maximum atomic E-state index is 13.0. The van der Waals surface area contributed by atoms with Gasteiger partial charge in [0.25, 0.3) is 0 Å². The second-order valence-corrected chi connectivity index (χ2v) is 5.56. The van der Waals surface area contributed by atoms with Gasteiger partial charge in [0.15, 0.2) is 5.82 Å². The molecule has 0 saturated carbocycles. The van der Waals surface area contributed by atoms with E-state index < -0.39 is 5.97 Å². The highest BCUT2D eigenvalue weighted by Gasteiger charge is 2.18. The molecule has 1 aromatic heterocycles. The zero-order chi connectivity index (χ0) is 15.4. The fourth-order valence-electron chi connectivity index (χ4n) is 1.82. The number of aryl methyl sites for hydroxylation is 1. The van der Waals surface area contributed by atoms with E-state index in [2.05, 4.69) is 9.97 Å². The molecule has 0 spiro atoms. The summed E-state index contributed by atoms with van der Waals surface area (Å²) in [6.07, 6.45) is 0.915. The van der Waals surface area contributed by atoms with Gasteiger partial charge in [0.2, 0.25) is 0 Å². The summed E-state index contributed by atoms with van der Waals surface area (Å²) in [4.78, 5) is 19.9. The maximum Gasteiger partial charge on any atom is 0.340 e. The summed E-state index contributed by atoms with van der Waals surface area (Å²) >= 11 is 1.40. The topological polar surface area (TPSA) is 63.1 Å². The number of carbonyl (C=O) groups is 1. The zero-order valence-corrected chi connectivity index (χ0v) is 12.6. The van der Waals surface area contributed by atoms with Crippen LogP contribution in [0.3, 0.4) is 0 Å². The number of aromatic nitrogens is 2. The molecule has 1 heterocycles. The summed E-state index contributed by atoms with van der Waals surface area (Å²) in [5, 5.41) is 9.76. The van der Waals surface area contributed by atoms with Gasteiger partial charge in [0.1, 0.15) is 16.4 Å². The summed E-state index contributed by atoms with van der Waals surface area (Å²) in [5.74, 6) is -0.175. The summed E-state index contributed by atoms with van der Waals surface area (Å²) in [6.45, 7) is 3.66. The summed E-state index contributed by atoms with van der Waals surface area (Å²) in [5.41, 5.74) is 1.21. The van der Waals surface area contributed by atoms with Gasteiger partial charge in [-0.3, -0.25) is 0 Å². The van der Waals surface area contributed by atoms with Crippen molar-refractivity contribution in [3.8, 4) is 11.4 Å². The predicted molar refractivity (Wildman–Crippen MR) is 80.1 cm³/mol. The van der Waals surface area contributed by atoms with Crippen LogP contribution in [-0.2, 0) is 0 Å². The van der Waals surface area contributed by atoms with Gasteiger partial charge >= 0.3 is 5.97 Å². The van der Waals surface area contributed by atoms with Gasteiger partial charge in [-0.1, -0.05) is 6.92 Å². The lowest BCUT2D eigenvalue weighted by Crippen LogP contribution is -2.08. The first-order valence-electron chi connectivity index (χ1n) is 6.53. The summed E-state index contributed by atoms with van der Waals surface area (Å²) in [6, 6.07) is 5.83. The fraction of sp³-hybridized carbons (Fsp3) is 0.267. The molecule has 110 valence electrons. The smallest absolute Gasteiger partial charge is 0.340 e. The molecule has 1 N–H and O–H groups in total. The van der Waals surface area contributed by atoms with Crippen molar-refractivity contribution in [1.82, 2.24) is 9.97 Å². The van der Waals surface area contributed by atoms with Crippen molar-refractivity contribution < 1.29 is 14.3 Å². The van der Waals surface area contributed by atoms with E-state index >= 15 is 0 Å². The highest BCUT2D eigenvalue weighted by molar-refractivity contribution is 7.99. The van der Waals surface area contributed by atoms with Crippen LogP contribution in [0.15, 0.2) is 29.3 Å². The standard InChI is InChI=1S/C15H15FN2O2S/c1-3-8-21-14-12(15(19)20)9(2)17-13(18-14)10-4-6-11(16)7-5-10/h4-7H,3,8H2,1-2H3,(H,19,20). The predicted octanol–water partition coefficient (Wildman–Crippen LogP) is 3.79.